The maximum atomic E-state index is 6.25. The molecule has 108 valence electrons. The Labute approximate surface area is 137 Å². The van der Waals surface area contributed by atoms with Gasteiger partial charge in [0.25, 0.3) is 0 Å². The Morgan fingerprint density at radius 3 is 2.95 bits per heavy atom. The van der Waals surface area contributed by atoms with Gasteiger partial charge >= 0.3 is 0 Å². The minimum atomic E-state index is 0.195. The lowest BCUT2D eigenvalue weighted by Gasteiger charge is -2.36. The van der Waals surface area contributed by atoms with Crippen LogP contribution in [0.4, 0.5) is 5.69 Å². The average Bonchev–Trinajstić information content (AvgIpc) is 2.45. The van der Waals surface area contributed by atoms with Crippen molar-refractivity contribution in [2.24, 2.45) is 5.73 Å². The highest BCUT2D eigenvalue weighted by Crippen LogP contribution is 2.39. The highest BCUT2D eigenvalue weighted by Gasteiger charge is 2.25. The van der Waals surface area contributed by atoms with Crippen LogP contribution in [0, 0.1) is 0 Å². The Bertz CT molecular complexity index is 714. The molecular weight excluding hydrogens is 350 g/mol. The molecule has 1 aromatic carbocycles. The van der Waals surface area contributed by atoms with Crippen molar-refractivity contribution in [3.8, 4) is 0 Å². The highest BCUT2D eigenvalue weighted by atomic mass is 79.9. The molecule has 5 heteroatoms. The monoisotopic (exact) mass is 363 g/mol. The molecule has 3 nitrogen and oxygen atoms in total. The largest absolute Gasteiger partial charge is 0.398 e. The van der Waals surface area contributed by atoms with Crippen LogP contribution < -0.4 is 10.6 Å². The van der Waals surface area contributed by atoms with E-state index < -0.39 is 0 Å². The fraction of sp³-hybridized carbons (Fsp3) is 0.188. The maximum Gasteiger partial charge on any atom is 0.0639 e. The molecule has 0 radical (unpaired) electrons. The van der Waals surface area contributed by atoms with Crippen molar-refractivity contribution in [3.05, 3.63) is 63.4 Å². The molecule has 2 aromatic rings. The third-order valence-corrected chi connectivity index (χ3v) is 4.67. The maximum absolute atomic E-state index is 6.25. The van der Waals surface area contributed by atoms with Crippen molar-refractivity contribution in [1.29, 1.82) is 0 Å². The van der Waals surface area contributed by atoms with Crippen molar-refractivity contribution < 1.29 is 0 Å². The molecule has 1 aromatic heterocycles. The van der Waals surface area contributed by atoms with E-state index in [1.807, 2.05) is 24.3 Å². The summed E-state index contributed by atoms with van der Waals surface area (Å²) in [6, 6.07) is 8.22. The molecule has 1 atom stereocenters. The van der Waals surface area contributed by atoms with Crippen LogP contribution >= 0.6 is 27.5 Å². The number of nitrogens with zero attached hydrogens (tertiary/aromatic N) is 2. The molecule has 0 amide bonds. The predicted molar refractivity (Wildman–Crippen MR) is 91.2 cm³/mol. The Balaban J connectivity index is 2.06. The van der Waals surface area contributed by atoms with Gasteiger partial charge in [0.2, 0.25) is 0 Å². The van der Waals surface area contributed by atoms with Gasteiger partial charge in [0.15, 0.2) is 0 Å². The van der Waals surface area contributed by atoms with Gasteiger partial charge in [-0.15, -0.1) is 0 Å². The Hall–Kier alpha value is -1.52. The highest BCUT2D eigenvalue weighted by molar-refractivity contribution is 9.10. The number of para-hydroxylation sites is 1. The quantitative estimate of drug-likeness (QED) is 0.868. The predicted octanol–water partition coefficient (Wildman–Crippen LogP) is 4.21. The Morgan fingerprint density at radius 1 is 1.38 bits per heavy atom. The molecule has 0 bridgehead atoms. The lowest BCUT2D eigenvalue weighted by molar-refractivity contribution is 0.722. The van der Waals surface area contributed by atoms with Gasteiger partial charge in [0.05, 0.1) is 10.7 Å². The van der Waals surface area contributed by atoms with E-state index >= 15 is 0 Å². The number of nitrogens with two attached hydrogens (primary N) is 1. The summed E-state index contributed by atoms with van der Waals surface area (Å²) in [6.07, 6.45) is 5.52. The number of pyridine rings is 1. The summed E-state index contributed by atoms with van der Waals surface area (Å²) in [4.78, 5) is 6.33. The molecule has 0 saturated carbocycles. The second-order valence-corrected chi connectivity index (χ2v) is 6.36. The van der Waals surface area contributed by atoms with Crippen molar-refractivity contribution in [2.45, 2.75) is 19.5 Å². The van der Waals surface area contributed by atoms with Gasteiger partial charge in [0, 0.05) is 40.7 Å². The lowest BCUT2D eigenvalue weighted by atomic mass is 10.00. The van der Waals surface area contributed by atoms with Gasteiger partial charge in [-0.3, -0.25) is 4.98 Å². The van der Waals surface area contributed by atoms with Crippen LogP contribution in [0.25, 0.3) is 5.70 Å². The number of aromatic nitrogens is 1. The van der Waals surface area contributed by atoms with E-state index in [0.29, 0.717) is 11.6 Å². The van der Waals surface area contributed by atoms with E-state index in [-0.39, 0.29) is 6.04 Å². The standard InChI is InChI=1S/C16H15BrClN3/c1-10-7-15(19)12-3-2-4-13(17)16(12)21(10)9-11-5-6-20-8-14(11)18/h2-8,10H,9,19H2,1H3. The minimum absolute atomic E-state index is 0.195. The number of hydrogen-bond acceptors (Lipinski definition) is 3. The lowest BCUT2D eigenvalue weighted by Crippen LogP contribution is -2.35. The van der Waals surface area contributed by atoms with Crippen molar-refractivity contribution in [3.63, 3.8) is 0 Å². The van der Waals surface area contributed by atoms with Crippen LogP contribution in [0.15, 0.2) is 47.2 Å². The molecule has 2 heterocycles. The third kappa shape index (κ3) is 2.65. The molecule has 2 N–H and O–H groups in total. The summed E-state index contributed by atoms with van der Waals surface area (Å²) >= 11 is 9.89. The average molecular weight is 365 g/mol. The van der Waals surface area contributed by atoms with Crippen LogP contribution in [-0.4, -0.2) is 11.0 Å². The Kier molecular flexibility index (Phi) is 3.91. The molecule has 0 aliphatic carbocycles. The van der Waals surface area contributed by atoms with Crippen LogP contribution in [0.1, 0.15) is 18.1 Å². The zero-order valence-electron chi connectivity index (χ0n) is 11.6. The molecule has 0 spiro atoms. The number of rotatable bonds is 2. The smallest absolute Gasteiger partial charge is 0.0639 e. The van der Waals surface area contributed by atoms with Gasteiger partial charge in [-0.25, -0.2) is 0 Å². The number of benzene rings is 1. The van der Waals surface area contributed by atoms with E-state index in [0.717, 1.165) is 27.0 Å². The molecule has 21 heavy (non-hydrogen) atoms. The zero-order valence-corrected chi connectivity index (χ0v) is 13.9. The summed E-state index contributed by atoms with van der Waals surface area (Å²) in [6.45, 7) is 2.84. The molecule has 1 aliphatic heterocycles. The topological polar surface area (TPSA) is 42.1 Å². The SMILES string of the molecule is CC1C=C(N)c2cccc(Br)c2N1Cc1ccncc1Cl. The van der Waals surface area contributed by atoms with E-state index in [1.54, 1.807) is 12.4 Å². The summed E-state index contributed by atoms with van der Waals surface area (Å²) in [7, 11) is 0. The van der Waals surface area contributed by atoms with E-state index in [9.17, 15) is 0 Å². The van der Waals surface area contributed by atoms with Crippen molar-refractivity contribution in [2.75, 3.05) is 4.90 Å². The summed E-state index contributed by atoms with van der Waals surface area (Å²) < 4.78 is 1.04. The number of hydrogen-bond donors (Lipinski definition) is 1. The number of anilines is 1. The van der Waals surface area contributed by atoms with Gasteiger partial charge < -0.3 is 10.6 Å². The second kappa shape index (κ2) is 5.70. The second-order valence-electron chi connectivity index (χ2n) is 5.09. The first-order valence-corrected chi connectivity index (χ1v) is 7.86. The van der Waals surface area contributed by atoms with Crippen LogP contribution in [0.2, 0.25) is 5.02 Å². The Morgan fingerprint density at radius 2 is 2.19 bits per heavy atom. The van der Waals surface area contributed by atoms with Crippen LogP contribution in [-0.2, 0) is 6.54 Å². The van der Waals surface area contributed by atoms with Gasteiger partial charge in [-0.05, 0) is 46.6 Å². The molecule has 1 unspecified atom stereocenters. The first kappa shape index (κ1) is 14.4. The van der Waals surface area contributed by atoms with E-state index in [1.165, 1.54) is 0 Å². The molecule has 0 fully saturated rings. The zero-order chi connectivity index (χ0) is 15.0. The summed E-state index contributed by atoms with van der Waals surface area (Å²) in [5.74, 6) is 0. The normalized spacial score (nSPS) is 17.4. The fourth-order valence-electron chi connectivity index (χ4n) is 2.62. The third-order valence-electron chi connectivity index (χ3n) is 3.69. The van der Waals surface area contributed by atoms with Gasteiger partial charge in [-0.2, -0.15) is 0 Å². The van der Waals surface area contributed by atoms with Crippen molar-refractivity contribution >= 4 is 38.9 Å². The minimum Gasteiger partial charge on any atom is -0.398 e. The number of fused-ring (bicyclic) bond motifs is 1. The van der Waals surface area contributed by atoms with E-state index in [2.05, 4.69) is 38.8 Å². The molecule has 1 aliphatic rings. The van der Waals surface area contributed by atoms with Crippen LogP contribution in [0.5, 0.6) is 0 Å². The fourth-order valence-corrected chi connectivity index (χ4v) is 3.40. The van der Waals surface area contributed by atoms with Crippen LogP contribution in [0.3, 0.4) is 0 Å². The molecule has 3 rings (SSSR count). The van der Waals surface area contributed by atoms with Gasteiger partial charge in [-0.1, -0.05) is 23.7 Å². The summed E-state index contributed by atoms with van der Waals surface area (Å²) in [5, 5.41) is 0.681. The van der Waals surface area contributed by atoms with E-state index in [4.69, 9.17) is 17.3 Å². The first-order chi connectivity index (χ1) is 10.1. The molecule has 0 saturated heterocycles. The summed E-state index contributed by atoms with van der Waals surface area (Å²) in [5.41, 5.74) is 10.2. The van der Waals surface area contributed by atoms with Gasteiger partial charge in [0.1, 0.15) is 0 Å². The first-order valence-electron chi connectivity index (χ1n) is 6.69. The number of halogens is 2. The molecular formula is C16H15BrClN3. The van der Waals surface area contributed by atoms with Crippen molar-refractivity contribution in [1.82, 2.24) is 4.98 Å².